The van der Waals surface area contributed by atoms with Gasteiger partial charge in [-0.25, -0.2) is 4.79 Å². The second kappa shape index (κ2) is 8.15. The predicted molar refractivity (Wildman–Crippen MR) is 80.4 cm³/mol. The van der Waals surface area contributed by atoms with Crippen LogP contribution in [0, 0.1) is 0 Å². The number of benzene rings is 1. The molecule has 0 atom stereocenters. The molecule has 0 saturated heterocycles. The predicted octanol–water partition coefficient (Wildman–Crippen LogP) is 3.41. The first-order valence-corrected chi connectivity index (χ1v) is 7.09. The molecule has 1 aliphatic rings. The van der Waals surface area contributed by atoms with Crippen molar-refractivity contribution in [1.82, 2.24) is 0 Å². The van der Waals surface area contributed by atoms with Gasteiger partial charge in [-0.05, 0) is 43.4 Å². The number of rotatable bonds is 7. The fourth-order valence-electron chi connectivity index (χ4n) is 2.06. The van der Waals surface area contributed by atoms with Crippen molar-refractivity contribution in [3.8, 4) is 11.5 Å². The molecule has 2 rings (SSSR count). The lowest BCUT2D eigenvalue weighted by Crippen LogP contribution is -1.93. The Balaban J connectivity index is 1.63. The monoisotopic (exact) mass is 288 g/mol. The molecule has 0 amide bonds. The van der Waals surface area contributed by atoms with Crippen LogP contribution in [0.2, 0.25) is 0 Å². The number of hydrogen-bond donors (Lipinski definition) is 0. The van der Waals surface area contributed by atoms with Gasteiger partial charge in [-0.15, -0.1) is 0 Å². The molecule has 0 N–H and O–H groups in total. The minimum absolute atomic E-state index is 0.322. The maximum Gasteiger partial charge on any atom is 0.330 e. The van der Waals surface area contributed by atoms with E-state index in [1.807, 2.05) is 12.1 Å². The molecule has 0 unspecified atom stereocenters. The van der Waals surface area contributed by atoms with Crippen molar-refractivity contribution in [2.45, 2.75) is 25.7 Å². The Hall–Kier alpha value is -2.23. The Labute approximate surface area is 125 Å². The first kappa shape index (κ1) is 15.2. The lowest BCUT2D eigenvalue weighted by atomic mass is 10.1. The molecule has 1 aromatic carbocycles. The summed E-state index contributed by atoms with van der Waals surface area (Å²) in [5, 5.41) is 0. The van der Waals surface area contributed by atoms with E-state index < -0.39 is 0 Å². The van der Waals surface area contributed by atoms with Gasteiger partial charge in [0, 0.05) is 6.08 Å². The van der Waals surface area contributed by atoms with E-state index >= 15 is 0 Å². The molecule has 1 aromatic rings. The summed E-state index contributed by atoms with van der Waals surface area (Å²) < 4.78 is 15.1. The zero-order valence-corrected chi connectivity index (χ0v) is 12.2. The van der Waals surface area contributed by atoms with Crippen LogP contribution in [0.5, 0.6) is 11.5 Å². The number of ether oxygens (including phenoxy) is 3. The molecule has 0 bridgehead atoms. The summed E-state index contributed by atoms with van der Waals surface area (Å²) in [6, 6.07) is 6.11. The number of carbonyl (C=O) groups excluding carboxylic acids is 1. The van der Waals surface area contributed by atoms with E-state index in [0.29, 0.717) is 6.79 Å². The van der Waals surface area contributed by atoms with Gasteiger partial charge in [0.2, 0.25) is 6.79 Å². The number of allylic oxidation sites excluding steroid dienone is 3. The smallest absolute Gasteiger partial charge is 0.330 e. The van der Waals surface area contributed by atoms with E-state index in [1.54, 1.807) is 6.08 Å². The van der Waals surface area contributed by atoms with Crippen LogP contribution in [0.15, 0.2) is 42.5 Å². The van der Waals surface area contributed by atoms with Gasteiger partial charge in [0.15, 0.2) is 11.5 Å². The van der Waals surface area contributed by atoms with Crippen LogP contribution < -0.4 is 9.47 Å². The lowest BCUT2D eigenvalue weighted by Gasteiger charge is -2.02. The molecule has 0 saturated carbocycles. The van der Waals surface area contributed by atoms with Crippen molar-refractivity contribution < 1.29 is 19.0 Å². The van der Waals surface area contributed by atoms with Crippen LogP contribution >= 0.6 is 0 Å². The molecule has 0 radical (unpaired) electrons. The van der Waals surface area contributed by atoms with Gasteiger partial charge < -0.3 is 14.2 Å². The third-order valence-corrected chi connectivity index (χ3v) is 3.20. The molecule has 0 aromatic heterocycles. The molecule has 4 heteroatoms. The summed E-state index contributed by atoms with van der Waals surface area (Å²) in [5.41, 5.74) is 1.27. The summed E-state index contributed by atoms with van der Waals surface area (Å²) in [4.78, 5) is 10.8. The van der Waals surface area contributed by atoms with Crippen LogP contribution in [0.25, 0.3) is 0 Å². The van der Waals surface area contributed by atoms with Crippen molar-refractivity contribution in [3.05, 3.63) is 48.1 Å². The van der Waals surface area contributed by atoms with Gasteiger partial charge in [0.25, 0.3) is 0 Å². The van der Waals surface area contributed by atoms with Crippen molar-refractivity contribution in [2.75, 3.05) is 13.9 Å². The molecular weight excluding hydrogens is 268 g/mol. The highest BCUT2D eigenvalue weighted by molar-refractivity contribution is 5.82. The highest BCUT2D eigenvalue weighted by atomic mass is 16.7. The largest absolute Gasteiger partial charge is 0.466 e. The van der Waals surface area contributed by atoms with Gasteiger partial charge >= 0.3 is 5.97 Å². The van der Waals surface area contributed by atoms with E-state index in [1.165, 1.54) is 18.7 Å². The number of fused-ring (bicyclic) bond motifs is 1. The molecule has 1 aliphatic heterocycles. The van der Waals surface area contributed by atoms with Gasteiger partial charge in [-0.3, -0.25) is 0 Å². The number of unbranched alkanes of at least 4 members (excludes halogenated alkanes) is 2. The van der Waals surface area contributed by atoms with Crippen molar-refractivity contribution in [3.63, 3.8) is 0 Å². The molecule has 0 aliphatic carbocycles. The Bertz CT molecular complexity index is 532. The number of aryl methyl sites for hydroxylation is 1. The quantitative estimate of drug-likeness (QED) is 0.334. The molecular formula is C17H20O4. The summed E-state index contributed by atoms with van der Waals surface area (Å²) >= 11 is 0. The summed E-state index contributed by atoms with van der Waals surface area (Å²) in [5.74, 6) is 1.35. The van der Waals surface area contributed by atoms with Gasteiger partial charge in [-0.2, -0.15) is 0 Å². The Morgan fingerprint density at radius 2 is 2.10 bits per heavy atom. The van der Waals surface area contributed by atoms with Gasteiger partial charge in [0.1, 0.15) is 0 Å². The first-order chi connectivity index (χ1) is 10.3. The Morgan fingerprint density at radius 3 is 2.95 bits per heavy atom. The molecule has 21 heavy (non-hydrogen) atoms. The molecule has 4 nitrogen and oxygen atoms in total. The van der Waals surface area contributed by atoms with Crippen molar-refractivity contribution in [2.24, 2.45) is 0 Å². The summed E-state index contributed by atoms with van der Waals surface area (Å²) in [7, 11) is 1.37. The molecule has 112 valence electrons. The number of methoxy groups -OCH3 is 1. The van der Waals surface area contributed by atoms with Crippen LogP contribution in [0.1, 0.15) is 24.8 Å². The lowest BCUT2D eigenvalue weighted by molar-refractivity contribution is -0.134. The van der Waals surface area contributed by atoms with E-state index in [-0.39, 0.29) is 5.97 Å². The zero-order valence-electron chi connectivity index (χ0n) is 12.2. The molecule has 0 spiro atoms. The highest BCUT2D eigenvalue weighted by Gasteiger charge is 2.12. The van der Waals surface area contributed by atoms with Gasteiger partial charge in [-0.1, -0.05) is 24.3 Å². The first-order valence-electron chi connectivity index (χ1n) is 7.09. The van der Waals surface area contributed by atoms with Crippen LogP contribution in [0.4, 0.5) is 0 Å². The van der Waals surface area contributed by atoms with Gasteiger partial charge in [0.05, 0.1) is 7.11 Å². The SMILES string of the molecule is COC(=O)/C=C/C=C/CCCCc1ccc2c(c1)OCO2. The summed E-state index contributed by atoms with van der Waals surface area (Å²) in [6.45, 7) is 0.322. The average molecular weight is 288 g/mol. The van der Waals surface area contributed by atoms with Crippen LogP contribution in [0.3, 0.4) is 0 Å². The maximum atomic E-state index is 10.8. The highest BCUT2D eigenvalue weighted by Crippen LogP contribution is 2.32. The van der Waals surface area contributed by atoms with E-state index in [0.717, 1.165) is 37.2 Å². The fraction of sp³-hybridized carbons (Fsp3) is 0.353. The molecule has 1 heterocycles. The van der Waals surface area contributed by atoms with E-state index in [4.69, 9.17) is 9.47 Å². The minimum atomic E-state index is -0.331. The Morgan fingerprint density at radius 1 is 1.24 bits per heavy atom. The Kier molecular flexibility index (Phi) is 5.88. The van der Waals surface area contributed by atoms with E-state index in [2.05, 4.69) is 22.9 Å². The van der Waals surface area contributed by atoms with Crippen LogP contribution in [-0.2, 0) is 16.0 Å². The minimum Gasteiger partial charge on any atom is -0.466 e. The van der Waals surface area contributed by atoms with E-state index in [9.17, 15) is 4.79 Å². The second-order valence-electron chi connectivity index (χ2n) is 4.74. The topological polar surface area (TPSA) is 44.8 Å². The van der Waals surface area contributed by atoms with Crippen molar-refractivity contribution in [1.29, 1.82) is 0 Å². The fourth-order valence-corrected chi connectivity index (χ4v) is 2.06. The van der Waals surface area contributed by atoms with Crippen LogP contribution in [-0.4, -0.2) is 19.9 Å². The normalized spacial score (nSPS) is 13.2. The number of carbonyl (C=O) groups is 1. The third kappa shape index (κ3) is 4.99. The number of esters is 1. The molecule has 0 fully saturated rings. The zero-order chi connectivity index (χ0) is 14.9. The maximum absolute atomic E-state index is 10.8. The third-order valence-electron chi connectivity index (χ3n) is 3.20. The standard InChI is InChI=1S/C17H20O4/c1-19-17(18)9-7-5-3-2-4-6-8-14-10-11-15-16(12-14)21-13-20-15/h3,5,7,9-12H,2,4,6,8,13H2,1H3/b5-3+,9-7+. The summed E-state index contributed by atoms with van der Waals surface area (Å²) in [6.07, 6.45) is 11.3. The number of hydrogen-bond acceptors (Lipinski definition) is 4. The average Bonchev–Trinajstić information content (AvgIpc) is 2.97. The van der Waals surface area contributed by atoms with Crippen molar-refractivity contribution >= 4 is 5.97 Å². The second-order valence-corrected chi connectivity index (χ2v) is 4.74.